The SMILES string of the molecule is COc1cc(N2CCc3nc[nH]c(=O)c3C2)cnc1OC.Cc1nc(C(=O)N2CCCC2)co1. The molecule has 0 aromatic carbocycles. The first kappa shape index (κ1) is 23.3. The number of aromatic nitrogens is 4. The first-order valence-corrected chi connectivity index (χ1v) is 11.1. The molecule has 0 bridgehead atoms. The van der Waals surface area contributed by atoms with Crippen LogP contribution in [0.3, 0.4) is 0 Å². The number of nitrogens with one attached hydrogen (secondary N) is 1. The Balaban J connectivity index is 0.000000180. The van der Waals surface area contributed by atoms with Gasteiger partial charge in [0, 0.05) is 39.0 Å². The topological polar surface area (TPSA) is 127 Å². The Morgan fingerprint density at radius 2 is 1.94 bits per heavy atom. The van der Waals surface area contributed by atoms with Gasteiger partial charge in [-0.15, -0.1) is 0 Å². The molecule has 3 aromatic heterocycles. The molecule has 1 N–H and O–H groups in total. The molecule has 0 radical (unpaired) electrons. The maximum atomic E-state index is 11.9. The Morgan fingerprint density at radius 3 is 2.62 bits per heavy atom. The molecule has 11 nitrogen and oxygen atoms in total. The molecule has 34 heavy (non-hydrogen) atoms. The van der Waals surface area contributed by atoms with Gasteiger partial charge in [-0.3, -0.25) is 9.59 Å². The highest BCUT2D eigenvalue weighted by molar-refractivity contribution is 5.92. The number of hydrogen-bond donors (Lipinski definition) is 1. The number of anilines is 1. The Hall–Kier alpha value is -3.89. The number of aryl methyl sites for hydroxylation is 1. The summed E-state index contributed by atoms with van der Waals surface area (Å²) in [6.07, 6.45) is 7.53. The standard InChI is InChI=1S/C14H16N4O3.C9H12N2O2/c1-20-12-5-9(6-15-14(12)21-2)18-4-3-11-10(7-18)13(19)17-8-16-11;1-7-10-8(6-13-7)9(12)11-4-2-3-5-11/h5-6,8H,3-4,7H2,1-2H3,(H,16,17,19);6H,2-5H2,1H3. The van der Waals surface area contributed by atoms with E-state index in [0.717, 1.165) is 50.3 Å². The smallest absolute Gasteiger partial charge is 0.275 e. The Kier molecular flexibility index (Phi) is 7.09. The molecule has 3 aromatic rings. The lowest BCUT2D eigenvalue weighted by atomic mass is 10.1. The third-order valence-corrected chi connectivity index (χ3v) is 5.82. The van der Waals surface area contributed by atoms with Gasteiger partial charge in [0.25, 0.3) is 17.3 Å². The van der Waals surface area contributed by atoms with Crippen LogP contribution in [0.5, 0.6) is 11.6 Å². The minimum atomic E-state index is -0.0851. The van der Waals surface area contributed by atoms with Gasteiger partial charge in [-0.05, 0) is 12.8 Å². The molecule has 0 spiro atoms. The minimum absolute atomic E-state index is 0.00523. The van der Waals surface area contributed by atoms with Crippen molar-refractivity contribution in [3.63, 3.8) is 0 Å². The van der Waals surface area contributed by atoms with Crippen LogP contribution in [0.1, 0.15) is 40.5 Å². The maximum Gasteiger partial charge on any atom is 0.275 e. The number of rotatable bonds is 4. The van der Waals surface area contributed by atoms with E-state index in [1.165, 1.54) is 12.6 Å². The van der Waals surface area contributed by atoms with Gasteiger partial charge in [0.15, 0.2) is 17.3 Å². The highest BCUT2D eigenvalue weighted by atomic mass is 16.5. The van der Waals surface area contributed by atoms with Gasteiger partial charge in [0.2, 0.25) is 0 Å². The zero-order valence-electron chi connectivity index (χ0n) is 19.5. The number of methoxy groups -OCH3 is 2. The number of ether oxygens (including phenoxy) is 2. The van der Waals surface area contributed by atoms with Crippen molar-refractivity contribution in [1.82, 2.24) is 24.8 Å². The van der Waals surface area contributed by atoms with Crippen LogP contribution in [-0.4, -0.2) is 64.6 Å². The summed E-state index contributed by atoms with van der Waals surface area (Å²) in [4.78, 5) is 42.5. The number of H-pyrrole nitrogens is 1. The molecule has 1 amide bonds. The number of carbonyl (C=O) groups is 1. The molecule has 1 saturated heterocycles. The van der Waals surface area contributed by atoms with Crippen molar-refractivity contribution in [2.45, 2.75) is 32.7 Å². The quantitative estimate of drug-likeness (QED) is 0.611. The second kappa shape index (κ2) is 10.4. The molecule has 0 atom stereocenters. The van der Waals surface area contributed by atoms with Crippen molar-refractivity contribution in [2.24, 2.45) is 0 Å². The average molecular weight is 469 g/mol. The fraction of sp³-hybridized carbons (Fsp3) is 0.435. The molecule has 2 aliphatic heterocycles. The van der Waals surface area contributed by atoms with Crippen molar-refractivity contribution in [1.29, 1.82) is 0 Å². The molecule has 1 fully saturated rings. The lowest BCUT2D eigenvalue weighted by Crippen LogP contribution is -2.35. The van der Waals surface area contributed by atoms with Crippen LogP contribution in [0.15, 0.2) is 34.1 Å². The molecule has 11 heteroatoms. The molecule has 0 aliphatic carbocycles. The second-order valence-electron chi connectivity index (χ2n) is 7.98. The van der Waals surface area contributed by atoms with E-state index in [2.05, 4.69) is 24.8 Å². The van der Waals surface area contributed by atoms with Crippen LogP contribution >= 0.6 is 0 Å². The number of nitrogens with zero attached hydrogens (tertiary/aromatic N) is 5. The summed E-state index contributed by atoms with van der Waals surface area (Å²) < 4.78 is 15.4. The fourth-order valence-corrected chi connectivity index (χ4v) is 4.01. The molecule has 2 aliphatic rings. The van der Waals surface area contributed by atoms with E-state index in [4.69, 9.17) is 13.9 Å². The Bertz CT molecular complexity index is 1200. The number of fused-ring (bicyclic) bond motifs is 1. The summed E-state index contributed by atoms with van der Waals surface area (Å²) >= 11 is 0. The first-order valence-electron chi connectivity index (χ1n) is 11.1. The number of carbonyl (C=O) groups excluding carboxylic acids is 1. The normalized spacial score (nSPS) is 14.8. The zero-order valence-corrected chi connectivity index (χ0v) is 19.5. The monoisotopic (exact) mass is 468 g/mol. The van der Waals surface area contributed by atoms with Gasteiger partial charge in [-0.25, -0.2) is 15.0 Å². The van der Waals surface area contributed by atoms with Crippen molar-refractivity contribution < 1.29 is 18.7 Å². The van der Waals surface area contributed by atoms with Crippen LogP contribution in [0.25, 0.3) is 0 Å². The van der Waals surface area contributed by atoms with E-state index < -0.39 is 0 Å². The summed E-state index contributed by atoms with van der Waals surface area (Å²) in [7, 11) is 3.12. The number of pyridine rings is 1. The van der Waals surface area contributed by atoms with E-state index >= 15 is 0 Å². The van der Waals surface area contributed by atoms with Gasteiger partial charge in [-0.2, -0.15) is 0 Å². The van der Waals surface area contributed by atoms with Crippen molar-refractivity contribution in [3.05, 3.63) is 58.0 Å². The number of hydrogen-bond acceptors (Lipinski definition) is 9. The number of likely N-dealkylation sites (tertiary alicyclic amines) is 1. The predicted octanol–water partition coefficient (Wildman–Crippen LogP) is 1.96. The van der Waals surface area contributed by atoms with Gasteiger partial charge < -0.3 is 28.7 Å². The lowest BCUT2D eigenvalue weighted by molar-refractivity contribution is 0.0787. The molecule has 180 valence electrons. The number of amides is 1. The Morgan fingerprint density at radius 1 is 1.15 bits per heavy atom. The van der Waals surface area contributed by atoms with E-state index in [0.29, 0.717) is 35.3 Å². The minimum Gasteiger partial charge on any atom is -0.491 e. The summed E-state index contributed by atoms with van der Waals surface area (Å²) in [5.74, 6) is 1.55. The summed E-state index contributed by atoms with van der Waals surface area (Å²) in [6, 6.07) is 1.86. The van der Waals surface area contributed by atoms with Crippen molar-refractivity contribution in [3.8, 4) is 11.6 Å². The maximum absolute atomic E-state index is 11.9. The summed E-state index contributed by atoms with van der Waals surface area (Å²) in [5, 5.41) is 0. The van der Waals surface area contributed by atoms with E-state index in [9.17, 15) is 9.59 Å². The molecule has 0 saturated carbocycles. The van der Waals surface area contributed by atoms with Crippen LogP contribution in [0, 0.1) is 6.92 Å². The fourth-order valence-electron chi connectivity index (χ4n) is 4.01. The van der Waals surface area contributed by atoms with E-state index in [-0.39, 0.29) is 11.5 Å². The molecule has 0 unspecified atom stereocenters. The van der Waals surface area contributed by atoms with Crippen LogP contribution in [0.4, 0.5) is 5.69 Å². The van der Waals surface area contributed by atoms with Gasteiger partial charge >= 0.3 is 0 Å². The molecular formula is C23H28N6O5. The highest BCUT2D eigenvalue weighted by Crippen LogP contribution is 2.30. The highest BCUT2D eigenvalue weighted by Gasteiger charge is 2.22. The summed E-state index contributed by atoms with van der Waals surface area (Å²) in [6.45, 7) is 4.73. The molecule has 5 heterocycles. The number of aromatic amines is 1. The van der Waals surface area contributed by atoms with Gasteiger partial charge in [-0.1, -0.05) is 0 Å². The van der Waals surface area contributed by atoms with Crippen LogP contribution in [0.2, 0.25) is 0 Å². The predicted molar refractivity (Wildman–Crippen MR) is 123 cm³/mol. The Labute approximate surface area is 196 Å². The third kappa shape index (κ3) is 5.03. The van der Waals surface area contributed by atoms with Crippen LogP contribution in [-0.2, 0) is 13.0 Å². The molecular weight excluding hydrogens is 440 g/mol. The third-order valence-electron chi connectivity index (χ3n) is 5.82. The van der Waals surface area contributed by atoms with Gasteiger partial charge in [0.05, 0.1) is 50.2 Å². The van der Waals surface area contributed by atoms with Crippen molar-refractivity contribution in [2.75, 3.05) is 38.8 Å². The average Bonchev–Trinajstić information content (AvgIpc) is 3.56. The molecule has 5 rings (SSSR count). The first-order chi connectivity index (χ1) is 16.5. The lowest BCUT2D eigenvalue weighted by Gasteiger charge is -2.29. The number of oxazole rings is 1. The van der Waals surface area contributed by atoms with Crippen LogP contribution < -0.4 is 19.9 Å². The van der Waals surface area contributed by atoms with E-state index in [1.54, 1.807) is 27.3 Å². The second-order valence-corrected chi connectivity index (χ2v) is 7.98. The summed E-state index contributed by atoms with van der Waals surface area (Å²) in [5.41, 5.74) is 2.81. The van der Waals surface area contributed by atoms with Crippen molar-refractivity contribution >= 4 is 11.6 Å². The van der Waals surface area contributed by atoms with Gasteiger partial charge in [0.1, 0.15) is 6.26 Å². The zero-order chi connectivity index (χ0) is 24.1. The largest absolute Gasteiger partial charge is 0.491 e. The van der Waals surface area contributed by atoms with E-state index in [1.807, 2.05) is 11.0 Å².